The maximum atomic E-state index is 12.1. The van der Waals surface area contributed by atoms with Crippen LogP contribution in [0.1, 0.15) is 29.3 Å². The Kier molecular flexibility index (Phi) is 3.53. The summed E-state index contributed by atoms with van der Waals surface area (Å²) in [6.45, 7) is 1.85. The Bertz CT molecular complexity index is 750. The van der Waals surface area contributed by atoms with Gasteiger partial charge in [-0.25, -0.2) is 15.0 Å². The summed E-state index contributed by atoms with van der Waals surface area (Å²) in [6.07, 6.45) is 2.67. The second-order valence-electron chi connectivity index (χ2n) is 4.56. The van der Waals surface area contributed by atoms with Crippen LogP contribution in [0.2, 0.25) is 5.15 Å². The number of aromatic nitrogens is 4. The number of carbonyl (C=O) groups is 1. The highest BCUT2D eigenvalue weighted by Crippen LogP contribution is 2.15. The van der Waals surface area contributed by atoms with Crippen LogP contribution in [0.3, 0.4) is 0 Å². The Balaban J connectivity index is 1.77. The van der Waals surface area contributed by atoms with Crippen molar-refractivity contribution in [2.75, 3.05) is 0 Å². The SMILES string of the molecule is CC(NC(=O)c1cnc(Cl)cn1)c1nc2ccccc2[nH]1. The average molecular weight is 302 g/mol. The van der Waals surface area contributed by atoms with Crippen LogP contribution in [-0.4, -0.2) is 25.8 Å². The van der Waals surface area contributed by atoms with Gasteiger partial charge in [0.2, 0.25) is 0 Å². The first-order chi connectivity index (χ1) is 10.1. The third-order valence-electron chi connectivity index (χ3n) is 3.02. The summed E-state index contributed by atoms with van der Waals surface area (Å²) in [5.41, 5.74) is 2.00. The summed E-state index contributed by atoms with van der Waals surface area (Å²) < 4.78 is 0. The van der Waals surface area contributed by atoms with E-state index in [-0.39, 0.29) is 22.8 Å². The van der Waals surface area contributed by atoms with Crippen molar-refractivity contribution in [3.8, 4) is 0 Å². The predicted octanol–water partition coefficient (Wildman–Crippen LogP) is 2.50. The number of nitrogens with zero attached hydrogens (tertiary/aromatic N) is 3. The molecule has 0 saturated heterocycles. The maximum absolute atomic E-state index is 12.1. The highest BCUT2D eigenvalue weighted by atomic mass is 35.5. The molecule has 7 heteroatoms. The molecule has 1 unspecified atom stereocenters. The van der Waals surface area contributed by atoms with Gasteiger partial charge in [0.1, 0.15) is 16.7 Å². The van der Waals surface area contributed by atoms with E-state index in [0.717, 1.165) is 11.0 Å². The van der Waals surface area contributed by atoms with Crippen LogP contribution >= 0.6 is 11.6 Å². The van der Waals surface area contributed by atoms with Gasteiger partial charge < -0.3 is 10.3 Å². The largest absolute Gasteiger partial charge is 0.341 e. The van der Waals surface area contributed by atoms with Crippen molar-refractivity contribution in [1.82, 2.24) is 25.3 Å². The van der Waals surface area contributed by atoms with Crippen LogP contribution in [0.25, 0.3) is 11.0 Å². The predicted molar refractivity (Wildman–Crippen MR) is 79.0 cm³/mol. The number of hydrogen-bond donors (Lipinski definition) is 2. The average Bonchev–Trinajstić information content (AvgIpc) is 2.92. The van der Waals surface area contributed by atoms with Crippen LogP contribution in [0, 0.1) is 0 Å². The minimum absolute atomic E-state index is 0.211. The lowest BCUT2D eigenvalue weighted by Gasteiger charge is -2.10. The number of H-pyrrole nitrogens is 1. The standard InChI is InChI=1S/C14H12ClN5O/c1-8(13-19-9-4-2-3-5-10(9)20-13)18-14(21)11-6-17-12(15)7-16-11/h2-8H,1H3,(H,18,21)(H,19,20). The molecule has 3 aromatic rings. The third-order valence-corrected chi connectivity index (χ3v) is 3.21. The number of carbonyl (C=O) groups excluding carboxylic acids is 1. The molecule has 0 bridgehead atoms. The van der Waals surface area contributed by atoms with E-state index in [1.54, 1.807) is 0 Å². The van der Waals surface area contributed by atoms with E-state index in [4.69, 9.17) is 11.6 Å². The van der Waals surface area contributed by atoms with E-state index < -0.39 is 0 Å². The molecule has 1 aromatic carbocycles. The lowest BCUT2D eigenvalue weighted by Crippen LogP contribution is -2.28. The van der Waals surface area contributed by atoms with Crippen molar-refractivity contribution >= 4 is 28.5 Å². The molecular formula is C14H12ClN5O. The fourth-order valence-corrected chi connectivity index (χ4v) is 2.04. The molecule has 0 aliphatic carbocycles. The molecule has 2 heterocycles. The van der Waals surface area contributed by atoms with Crippen LogP contribution in [0.5, 0.6) is 0 Å². The first-order valence-electron chi connectivity index (χ1n) is 6.36. The van der Waals surface area contributed by atoms with Gasteiger partial charge in [-0.3, -0.25) is 4.79 Å². The molecule has 2 N–H and O–H groups in total. The second-order valence-corrected chi connectivity index (χ2v) is 4.95. The van der Waals surface area contributed by atoms with Crippen molar-refractivity contribution in [3.05, 3.63) is 53.3 Å². The minimum Gasteiger partial charge on any atom is -0.341 e. The van der Waals surface area contributed by atoms with E-state index >= 15 is 0 Å². The van der Waals surface area contributed by atoms with Crippen LogP contribution in [-0.2, 0) is 0 Å². The minimum atomic E-state index is -0.327. The van der Waals surface area contributed by atoms with E-state index in [2.05, 4.69) is 25.3 Å². The van der Waals surface area contributed by atoms with Gasteiger partial charge in [-0.05, 0) is 19.1 Å². The zero-order chi connectivity index (χ0) is 14.8. The highest BCUT2D eigenvalue weighted by molar-refractivity contribution is 6.29. The van der Waals surface area contributed by atoms with Gasteiger partial charge >= 0.3 is 0 Å². The molecule has 2 aromatic heterocycles. The van der Waals surface area contributed by atoms with E-state index in [9.17, 15) is 4.79 Å². The normalized spacial score (nSPS) is 12.3. The first-order valence-corrected chi connectivity index (χ1v) is 6.74. The Hall–Kier alpha value is -2.47. The number of fused-ring (bicyclic) bond motifs is 1. The Labute approximate surface area is 125 Å². The Morgan fingerprint density at radius 1 is 1.29 bits per heavy atom. The van der Waals surface area contributed by atoms with Gasteiger partial charge in [-0.1, -0.05) is 23.7 Å². The zero-order valence-corrected chi connectivity index (χ0v) is 11.9. The second kappa shape index (κ2) is 5.49. The molecule has 1 atom stereocenters. The maximum Gasteiger partial charge on any atom is 0.272 e. The third kappa shape index (κ3) is 2.85. The highest BCUT2D eigenvalue weighted by Gasteiger charge is 2.15. The molecule has 0 saturated carbocycles. The Morgan fingerprint density at radius 3 is 2.81 bits per heavy atom. The first kappa shape index (κ1) is 13.5. The summed E-state index contributed by atoms with van der Waals surface area (Å²) in [5.74, 6) is 0.360. The van der Waals surface area contributed by atoms with Gasteiger partial charge in [-0.15, -0.1) is 0 Å². The van der Waals surface area contributed by atoms with Gasteiger partial charge in [0, 0.05) is 0 Å². The van der Waals surface area contributed by atoms with Gasteiger partial charge in [0.05, 0.1) is 29.5 Å². The van der Waals surface area contributed by atoms with Crippen LogP contribution in [0.15, 0.2) is 36.7 Å². The lowest BCUT2D eigenvalue weighted by atomic mass is 10.3. The van der Waals surface area contributed by atoms with Crippen LogP contribution < -0.4 is 5.32 Å². The molecule has 0 fully saturated rings. The molecule has 0 spiro atoms. The molecule has 0 radical (unpaired) electrons. The summed E-state index contributed by atoms with van der Waals surface area (Å²) in [6, 6.07) is 7.41. The summed E-state index contributed by atoms with van der Waals surface area (Å²) in [5, 5.41) is 3.06. The van der Waals surface area contributed by atoms with Crippen molar-refractivity contribution in [2.45, 2.75) is 13.0 Å². The summed E-state index contributed by atoms with van der Waals surface area (Å²) >= 11 is 5.64. The molecule has 0 aliphatic rings. The molecular weight excluding hydrogens is 290 g/mol. The monoisotopic (exact) mass is 301 g/mol. The van der Waals surface area contributed by atoms with Crippen molar-refractivity contribution in [3.63, 3.8) is 0 Å². The van der Waals surface area contributed by atoms with Crippen molar-refractivity contribution < 1.29 is 4.79 Å². The summed E-state index contributed by atoms with van der Waals surface area (Å²) in [4.78, 5) is 27.4. The molecule has 1 amide bonds. The van der Waals surface area contributed by atoms with Gasteiger partial charge in [0.25, 0.3) is 5.91 Å². The number of amides is 1. The van der Waals surface area contributed by atoms with E-state index in [1.807, 2.05) is 31.2 Å². The molecule has 0 aliphatic heterocycles. The van der Waals surface area contributed by atoms with E-state index in [1.165, 1.54) is 12.4 Å². The number of aromatic amines is 1. The number of benzene rings is 1. The molecule has 3 rings (SSSR count). The van der Waals surface area contributed by atoms with Crippen molar-refractivity contribution in [2.24, 2.45) is 0 Å². The fourth-order valence-electron chi connectivity index (χ4n) is 1.95. The summed E-state index contributed by atoms with van der Waals surface area (Å²) in [7, 11) is 0. The fraction of sp³-hybridized carbons (Fsp3) is 0.143. The van der Waals surface area contributed by atoms with Crippen molar-refractivity contribution in [1.29, 1.82) is 0 Å². The number of nitrogens with one attached hydrogen (secondary N) is 2. The number of rotatable bonds is 3. The number of hydrogen-bond acceptors (Lipinski definition) is 4. The molecule has 6 nitrogen and oxygen atoms in total. The Morgan fingerprint density at radius 2 is 2.10 bits per heavy atom. The molecule has 21 heavy (non-hydrogen) atoms. The van der Waals surface area contributed by atoms with Gasteiger partial charge in [0.15, 0.2) is 0 Å². The van der Waals surface area contributed by atoms with E-state index in [0.29, 0.717) is 5.82 Å². The zero-order valence-electron chi connectivity index (χ0n) is 11.2. The van der Waals surface area contributed by atoms with Crippen LogP contribution in [0.4, 0.5) is 0 Å². The van der Waals surface area contributed by atoms with Gasteiger partial charge in [-0.2, -0.15) is 0 Å². The topological polar surface area (TPSA) is 83.6 Å². The number of imidazole rings is 1. The smallest absolute Gasteiger partial charge is 0.272 e. The quantitative estimate of drug-likeness (QED) is 0.778. The number of para-hydroxylation sites is 2. The lowest BCUT2D eigenvalue weighted by molar-refractivity contribution is 0.0933. The number of halogens is 1. The molecule has 106 valence electrons.